The molecule has 0 aliphatic carbocycles. The minimum Gasteiger partial charge on any atom is -0.456 e. The Labute approximate surface area is 183 Å². The second kappa shape index (κ2) is 10.8. The van der Waals surface area contributed by atoms with Crippen LogP contribution in [0.25, 0.3) is 0 Å². The first-order valence-corrected chi connectivity index (χ1v) is 10.7. The van der Waals surface area contributed by atoms with Crippen molar-refractivity contribution in [1.29, 1.82) is 0 Å². The minimum absolute atomic E-state index is 0.0374. The van der Waals surface area contributed by atoms with E-state index in [-0.39, 0.29) is 30.4 Å². The number of amides is 1. The highest BCUT2D eigenvalue weighted by Gasteiger charge is 2.22. The van der Waals surface area contributed by atoms with E-state index >= 15 is 0 Å². The summed E-state index contributed by atoms with van der Waals surface area (Å²) in [4.78, 5) is 39.0. The van der Waals surface area contributed by atoms with Gasteiger partial charge in [-0.15, -0.1) is 11.8 Å². The number of nitro groups is 1. The number of non-ortho nitro benzene ring substituents is 1. The Balaban J connectivity index is 1.35. The third kappa shape index (κ3) is 6.68. The van der Waals surface area contributed by atoms with Gasteiger partial charge in [-0.1, -0.05) is 0 Å². The average molecular weight is 447 g/mol. The number of hydrogen-bond donors (Lipinski definition) is 0. The molecular formula is C21H22FN3O5S. The molecule has 1 fully saturated rings. The Morgan fingerprint density at radius 1 is 1.03 bits per heavy atom. The van der Waals surface area contributed by atoms with Gasteiger partial charge in [-0.2, -0.15) is 0 Å². The number of nitro benzene ring substituents is 1. The molecule has 1 aliphatic rings. The third-order valence-electron chi connectivity index (χ3n) is 4.80. The summed E-state index contributed by atoms with van der Waals surface area (Å²) in [5.41, 5.74) is 0.901. The van der Waals surface area contributed by atoms with Crippen molar-refractivity contribution in [2.75, 3.05) is 43.4 Å². The summed E-state index contributed by atoms with van der Waals surface area (Å²) in [6, 6.07) is 12.3. The van der Waals surface area contributed by atoms with Gasteiger partial charge in [-0.3, -0.25) is 19.7 Å². The predicted octanol–water partition coefficient (Wildman–Crippen LogP) is 3.11. The second-order valence-electron chi connectivity index (χ2n) is 6.85. The first-order chi connectivity index (χ1) is 14.9. The number of ether oxygens (including phenoxy) is 1. The van der Waals surface area contributed by atoms with E-state index in [4.69, 9.17) is 4.74 Å². The maximum absolute atomic E-state index is 12.9. The molecule has 0 bridgehead atoms. The van der Waals surface area contributed by atoms with Gasteiger partial charge >= 0.3 is 5.97 Å². The second-order valence-corrected chi connectivity index (χ2v) is 8.02. The summed E-state index contributed by atoms with van der Waals surface area (Å²) in [5, 5.41) is 10.7. The van der Waals surface area contributed by atoms with Gasteiger partial charge in [0.1, 0.15) is 5.82 Å². The zero-order valence-electron chi connectivity index (χ0n) is 16.7. The van der Waals surface area contributed by atoms with Gasteiger partial charge in [-0.05, 0) is 36.4 Å². The molecule has 2 aromatic rings. The number of anilines is 1. The molecule has 0 saturated carbocycles. The van der Waals surface area contributed by atoms with Gasteiger partial charge < -0.3 is 14.5 Å². The van der Waals surface area contributed by atoms with Gasteiger partial charge in [0.05, 0.1) is 11.3 Å². The Bertz CT molecular complexity index is 916. The highest BCUT2D eigenvalue weighted by molar-refractivity contribution is 7.99. The largest absolute Gasteiger partial charge is 0.456 e. The van der Waals surface area contributed by atoms with Crippen molar-refractivity contribution in [2.45, 2.75) is 11.3 Å². The lowest BCUT2D eigenvalue weighted by Crippen LogP contribution is -2.49. The number of rotatable bonds is 8. The SMILES string of the molecule is O=C(CCSc1ccc(F)cc1)OCC(=O)N1CCN(c2ccc([N+](=O)[O-])cc2)CC1. The molecule has 0 radical (unpaired) electrons. The number of piperazine rings is 1. The van der Waals surface area contributed by atoms with E-state index in [9.17, 15) is 24.1 Å². The van der Waals surface area contributed by atoms with Gasteiger partial charge in [0, 0.05) is 54.6 Å². The fourth-order valence-corrected chi connectivity index (χ4v) is 3.92. The van der Waals surface area contributed by atoms with Gasteiger partial charge in [-0.25, -0.2) is 4.39 Å². The van der Waals surface area contributed by atoms with Crippen LogP contribution in [-0.4, -0.2) is 60.2 Å². The van der Waals surface area contributed by atoms with E-state index in [1.165, 1.54) is 36.0 Å². The van der Waals surface area contributed by atoms with Crippen molar-refractivity contribution < 1.29 is 23.6 Å². The maximum atomic E-state index is 12.9. The molecule has 10 heteroatoms. The van der Waals surface area contributed by atoms with Crippen LogP contribution >= 0.6 is 11.8 Å². The highest BCUT2D eigenvalue weighted by atomic mass is 32.2. The average Bonchev–Trinajstić information content (AvgIpc) is 2.79. The van der Waals surface area contributed by atoms with Crippen LogP contribution in [0, 0.1) is 15.9 Å². The zero-order chi connectivity index (χ0) is 22.2. The molecule has 1 aliphatic heterocycles. The van der Waals surface area contributed by atoms with E-state index < -0.39 is 10.9 Å². The fourth-order valence-electron chi connectivity index (χ4n) is 3.09. The molecule has 1 saturated heterocycles. The van der Waals surface area contributed by atoms with Gasteiger partial charge in [0.15, 0.2) is 6.61 Å². The number of carbonyl (C=O) groups is 2. The number of nitrogens with zero attached hydrogens (tertiary/aromatic N) is 3. The number of carbonyl (C=O) groups excluding carboxylic acids is 2. The maximum Gasteiger partial charge on any atom is 0.307 e. The molecule has 0 spiro atoms. The molecule has 8 nitrogen and oxygen atoms in total. The lowest BCUT2D eigenvalue weighted by Gasteiger charge is -2.36. The van der Waals surface area contributed by atoms with Gasteiger partial charge in [0.25, 0.3) is 11.6 Å². The van der Waals surface area contributed by atoms with Crippen LogP contribution in [0.3, 0.4) is 0 Å². The Kier molecular flexibility index (Phi) is 7.82. The Morgan fingerprint density at radius 3 is 2.29 bits per heavy atom. The molecule has 164 valence electrons. The summed E-state index contributed by atoms with van der Waals surface area (Å²) in [6.45, 7) is 1.84. The first kappa shape index (κ1) is 22.5. The smallest absolute Gasteiger partial charge is 0.307 e. The van der Waals surface area contributed by atoms with E-state index in [0.29, 0.717) is 31.9 Å². The van der Waals surface area contributed by atoms with E-state index in [1.54, 1.807) is 29.2 Å². The van der Waals surface area contributed by atoms with Crippen LogP contribution in [0.2, 0.25) is 0 Å². The monoisotopic (exact) mass is 447 g/mol. The molecule has 0 aromatic heterocycles. The molecular weight excluding hydrogens is 425 g/mol. The topological polar surface area (TPSA) is 93.0 Å². The molecule has 1 amide bonds. The number of hydrogen-bond acceptors (Lipinski definition) is 7. The summed E-state index contributed by atoms with van der Waals surface area (Å²) in [5.74, 6) is -0.529. The number of thioether (sulfide) groups is 1. The van der Waals surface area contributed by atoms with Crippen molar-refractivity contribution in [2.24, 2.45) is 0 Å². The standard InChI is InChI=1S/C21H22FN3O5S/c22-16-1-7-19(8-2-16)31-14-9-21(27)30-15-20(26)24-12-10-23(11-13-24)17-3-5-18(6-4-17)25(28)29/h1-8H,9-15H2. The zero-order valence-corrected chi connectivity index (χ0v) is 17.6. The summed E-state index contributed by atoms with van der Waals surface area (Å²) >= 11 is 1.41. The van der Waals surface area contributed by atoms with Crippen LogP contribution in [0.1, 0.15) is 6.42 Å². The third-order valence-corrected chi connectivity index (χ3v) is 5.82. The van der Waals surface area contributed by atoms with Crippen LogP contribution in [0.5, 0.6) is 0 Å². The molecule has 1 heterocycles. The van der Waals surface area contributed by atoms with Crippen molar-refractivity contribution >= 4 is 35.0 Å². The number of esters is 1. The normalized spacial score (nSPS) is 13.7. The number of halogens is 1. The Hall–Kier alpha value is -3.14. The summed E-state index contributed by atoms with van der Waals surface area (Å²) in [7, 11) is 0. The van der Waals surface area contributed by atoms with Crippen LogP contribution in [0.4, 0.5) is 15.8 Å². The van der Waals surface area contributed by atoms with Crippen molar-refractivity contribution in [1.82, 2.24) is 4.90 Å². The lowest BCUT2D eigenvalue weighted by molar-refractivity contribution is -0.384. The molecule has 31 heavy (non-hydrogen) atoms. The highest BCUT2D eigenvalue weighted by Crippen LogP contribution is 2.21. The summed E-state index contributed by atoms with van der Waals surface area (Å²) < 4.78 is 18.0. The van der Waals surface area contributed by atoms with E-state index in [0.717, 1.165) is 10.6 Å². The van der Waals surface area contributed by atoms with Crippen molar-refractivity contribution in [3.05, 3.63) is 64.5 Å². The minimum atomic E-state index is -0.451. The first-order valence-electron chi connectivity index (χ1n) is 9.73. The fraction of sp³-hybridized carbons (Fsp3) is 0.333. The van der Waals surface area contributed by atoms with E-state index in [2.05, 4.69) is 0 Å². The van der Waals surface area contributed by atoms with E-state index in [1.807, 2.05) is 4.90 Å². The lowest BCUT2D eigenvalue weighted by atomic mass is 10.2. The molecule has 0 unspecified atom stereocenters. The van der Waals surface area contributed by atoms with Gasteiger partial charge in [0.2, 0.25) is 0 Å². The van der Waals surface area contributed by atoms with Crippen molar-refractivity contribution in [3.63, 3.8) is 0 Å². The van der Waals surface area contributed by atoms with Crippen LogP contribution < -0.4 is 4.90 Å². The quantitative estimate of drug-likeness (QED) is 0.266. The van der Waals surface area contributed by atoms with Crippen LogP contribution in [-0.2, 0) is 14.3 Å². The number of benzene rings is 2. The predicted molar refractivity (Wildman–Crippen MR) is 115 cm³/mol. The van der Waals surface area contributed by atoms with Crippen LogP contribution in [0.15, 0.2) is 53.4 Å². The Morgan fingerprint density at radius 2 is 1.68 bits per heavy atom. The van der Waals surface area contributed by atoms with Crippen molar-refractivity contribution in [3.8, 4) is 0 Å². The molecule has 0 atom stereocenters. The molecule has 3 rings (SSSR count). The molecule has 2 aromatic carbocycles. The molecule has 0 N–H and O–H groups in total. The summed E-state index contributed by atoms with van der Waals surface area (Å²) in [6.07, 6.45) is 0.156.